The number of fused-ring (bicyclic) bond motifs is 1. The van der Waals surface area contributed by atoms with Crippen LogP contribution in [0.5, 0.6) is 0 Å². The zero-order valence-electron chi connectivity index (χ0n) is 15.9. The number of aliphatic hydroxyl groups is 2. The summed E-state index contributed by atoms with van der Waals surface area (Å²) in [6.45, 7) is -0.458. The van der Waals surface area contributed by atoms with Crippen LogP contribution < -0.4 is 10.5 Å². The van der Waals surface area contributed by atoms with Gasteiger partial charge in [-0.3, -0.25) is 14.7 Å². The van der Waals surface area contributed by atoms with Gasteiger partial charge in [-0.15, -0.1) is 0 Å². The molecule has 4 atom stereocenters. The number of hydrogen-bond acceptors (Lipinski definition) is 11. The number of ether oxygens (including phenoxy) is 1. The topological polar surface area (TPSA) is 209 Å². The van der Waals surface area contributed by atoms with E-state index >= 15 is 0 Å². The Morgan fingerprint density at radius 2 is 2.03 bits per heavy atom. The maximum Gasteiger partial charge on any atom is 0.289 e. The Morgan fingerprint density at radius 3 is 2.75 bits per heavy atom. The molecule has 0 aliphatic carbocycles. The van der Waals surface area contributed by atoms with Gasteiger partial charge in [-0.05, 0) is 6.07 Å². The van der Waals surface area contributed by atoms with Gasteiger partial charge in [-0.2, -0.15) is 0 Å². The standard InChI is InChI=1S/C16H16ClN7O7S/c17-10-7(24(27)28)2-1-3-9(10)32(29,30)22-4-8-12(25)13(26)16(31-8)23-6-21-11-14(18)19-5-20-15(11)23/h1-3,5-6,8,12-13,16,22,25-26H,4H2,(H2,18,19,20)/t8-,12-,13-,16-/m1/s1. The van der Waals surface area contributed by atoms with Crippen molar-refractivity contribution in [1.82, 2.24) is 24.2 Å². The number of halogens is 1. The van der Waals surface area contributed by atoms with Crippen LogP contribution in [0.2, 0.25) is 5.02 Å². The van der Waals surface area contributed by atoms with Crippen LogP contribution >= 0.6 is 11.6 Å². The van der Waals surface area contributed by atoms with Crippen molar-refractivity contribution in [1.29, 1.82) is 0 Å². The summed E-state index contributed by atoms with van der Waals surface area (Å²) < 4.78 is 34.4. The van der Waals surface area contributed by atoms with Gasteiger partial charge in [0.2, 0.25) is 10.0 Å². The Morgan fingerprint density at radius 1 is 1.28 bits per heavy atom. The zero-order chi connectivity index (χ0) is 23.2. The predicted octanol–water partition coefficient (Wildman–Crippen LogP) is -0.432. The fourth-order valence-corrected chi connectivity index (χ4v) is 4.94. The lowest BCUT2D eigenvalue weighted by Crippen LogP contribution is -2.39. The highest BCUT2D eigenvalue weighted by atomic mass is 35.5. The Balaban J connectivity index is 1.54. The van der Waals surface area contributed by atoms with Crippen LogP contribution in [0.25, 0.3) is 11.2 Å². The third-order valence-electron chi connectivity index (χ3n) is 4.90. The van der Waals surface area contributed by atoms with Gasteiger partial charge in [-0.25, -0.2) is 28.1 Å². The zero-order valence-corrected chi connectivity index (χ0v) is 17.5. The lowest BCUT2D eigenvalue weighted by Gasteiger charge is -2.16. The Labute approximate surface area is 184 Å². The van der Waals surface area contributed by atoms with E-state index < -0.39 is 61.6 Å². The molecule has 0 unspecified atom stereocenters. The van der Waals surface area contributed by atoms with Gasteiger partial charge in [0, 0.05) is 12.6 Å². The number of nitrogen functional groups attached to an aromatic ring is 1. The molecule has 0 amide bonds. The van der Waals surface area contributed by atoms with E-state index in [9.17, 15) is 28.7 Å². The highest BCUT2D eigenvalue weighted by Crippen LogP contribution is 2.33. The van der Waals surface area contributed by atoms with E-state index in [2.05, 4.69) is 19.7 Å². The highest BCUT2D eigenvalue weighted by Gasteiger charge is 2.44. The number of hydrogen-bond donors (Lipinski definition) is 4. The van der Waals surface area contributed by atoms with E-state index in [1.807, 2.05) is 0 Å². The monoisotopic (exact) mass is 485 g/mol. The average molecular weight is 486 g/mol. The van der Waals surface area contributed by atoms with Crippen molar-refractivity contribution in [2.45, 2.75) is 29.4 Å². The van der Waals surface area contributed by atoms with Crippen molar-refractivity contribution in [3.8, 4) is 0 Å². The molecule has 1 saturated heterocycles. The molecule has 0 bridgehead atoms. The Hall–Kier alpha value is -2.95. The average Bonchev–Trinajstić information content (AvgIpc) is 3.29. The van der Waals surface area contributed by atoms with Crippen molar-refractivity contribution in [2.24, 2.45) is 0 Å². The first-order valence-corrected chi connectivity index (χ1v) is 10.8. The SMILES string of the molecule is Nc1ncnc2c1ncn2[C@@H]1O[C@H](CNS(=O)(=O)c2cccc([N+](=O)[O-])c2Cl)[C@@H](O)[C@H]1O. The maximum atomic E-state index is 12.6. The summed E-state index contributed by atoms with van der Waals surface area (Å²) in [5.41, 5.74) is 5.68. The molecule has 1 aliphatic rings. The quantitative estimate of drug-likeness (QED) is 0.260. The minimum Gasteiger partial charge on any atom is -0.387 e. The molecule has 4 rings (SSSR count). The number of rotatable bonds is 6. The smallest absolute Gasteiger partial charge is 0.289 e. The molecule has 0 radical (unpaired) electrons. The molecule has 16 heteroatoms. The van der Waals surface area contributed by atoms with Crippen LogP contribution in [0.4, 0.5) is 11.5 Å². The second-order valence-electron chi connectivity index (χ2n) is 6.83. The van der Waals surface area contributed by atoms with Crippen molar-refractivity contribution >= 4 is 44.3 Å². The minimum absolute atomic E-state index is 0.111. The molecule has 170 valence electrons. The number of nitro benzene ring substituents is 1. The van der Waals surface area contributed by atoms with Crippen LogP contribution in [0.1, 0.15) is 6.23 Å². The first-order valence-electron chi connectivity index (χ1n) is 8.99. The highest BCUT2D eigenvalue weighted by molar-refractivity contribution is 7.89. The predicted molar refractivity (Wildman–Crippen MR) is 109 cm³/mol. The molecular formula is C16H16ClN7O7S. The van der Waals surface area contributed by atoms with Crippen LogP contribution in [0.15, 0.2) is 35.7 Å². The first-order chi connectivity index (χ1) is 15.1. The Bertz CT molecular complexity index is 1300. The number of nitrogens with two attached hydrogens (primary N) is 1. The molecule has 3 heterocycles. The van der Waals surface area contributed by atoms with E-state index in [4.69, 9.17) is 22.1 Å². The molecule has 3 aromatic rings. The number of benzene rings is 1. The van der Waals surface area contributed by atoms with Crippen molar-refractivity contribution in [3.63, 3.8) is 0 Å². The summed E-state index contributed by atoms with van der Waals surface area (Å²) in [7, 11) is -4.30. The van der Waals surface area contributed by atoms with Gasteiger partial charge in [-0.1, -0.05) is 17.7 Å². The van der Waals surface area contributed by atoms with E-state index in [0.717, 1.165) is 12.1 Å². The van der Waals surface area contributed by atoms with Gasteiger partial charge in [0.25, 0.3) is 5.69 Å². The fourth-order valence-electron chi connectivity index (χ4n) is 3.30. The van der Waals surface area contributed by atoms with Crippen molar-refractivity contribution in [2.75, 3.05) is 12.3 Å². The lowest BCUT2D eigenvalue weighted by molar-refractivity contribution is -0.384. The molecule has 14 nitrogen and oxygen atoms in total. The molecule has 5 N–H and O–H groups in total. The van der Waals surface area contributed by atoms with Crippen LogP contribution in [-0.4, -0.2) is 67.9 Å². The summed E-state index contributed by atoms with van der Waals surface area (Å²) in [4.78, 5) is 21.6. The van der Waals surface area contributed by atoms with Crippen LogP contribution in [0.3, 0.4) is 0 Å². The van der Waals surface area contributed by atoms with Crippen molar-refractivity contribution in [3.05, 3.63) is 46.0 Å². The summed E-state index contributed by atoms with van der Waals surface area (Å²) in [5.74, 6) is 0.111. The fraction of sp³-hybridized carbons (Fsp3) is 0.312. The number of aromatic nitrogens is 4. The molecule has 1 fully saturated rings. The van der Waals surface area contributed by atoms with Crippen LogP contribution in [-0.2, 0) is 14.8 Å². The molecule has 2 aromatic heterocycles. The number of imidazole rings is 1. The van der Waals surface area contributed by atoms with Gasteiger partial charge < -0.3 is 20.7 Å². The Kier molecular flexibility index (Phi) is 5.70. The number of nitrogens with one attached hydrogen (secondary N) is 1. The molecule has 1 aliphatic heterocycles. The first kappa shape index (κ1) is 22.3. The minimum atomic E-state index is -4.30. The van der Waals surface area contributed by atoms with Gasteiger partial charge in [0.15, 0.2) is 17.7 Å². The molecule has 0 saturated carbocycles. The number of nitro groups is 1. The largest absolute Gasteiger partial charge is 0.387 e. The third kappa shape index (κ3) is 3.74. The summed E-state index contributed by atoms with van der Waals surface area (Å²) in [6.07, 6.45) is -2.73. The molecule has 0 spiro atoms. The summed E-state index contributed by atoms with van der Waals surface area (Å²) in [6, 6.07) is 3.35. The van der Waals surface area contributed by atoms with E-state index in [0.29, 0.717) is 0 Å². The summed E-state index contributed by atoms with van der Waals surface area (Å²) in [5, 5.41) is 31.3. The molecule has 1 aromatic carbocycles. The second-order valence-corrected chi connectivity index (χ2v) is 8.94. The molecular weight excluding hydrogens is 470 g/mol. The van der Waals surface area contributed by atoms with Crippen LogP contribution in [0, 0.1) is 10.1 Å². The van der Waals surface area contributed by atoms with Gasteiger partial charge in [0.1, 0.15) is 40.1 Å². The lowest BCUT2D eigenvalue weighted by atomic mass is 10.1. The maximum absolute atomic E-state index is 12.6. The van der Waals surface area contributed by atoms with Gasteiger partial charge >= 0.3 is 0 Å². The van der Waals surface area contributed by atoms with E-state index in [1.165, 1.54) is 23.3 Å². The number of nitrogens with zero attached hydrogens (tertiary/aromatic N) is 5. The van der Waals surface area contributed by atoms with E-state index in [-0.39, 0.29) is 17.0 Å². The normalized spacial score (nSPS) is 23.6. The van der Waals surface area contributed by atoms with E-state index in [1.54, 1.807) is 0 Å². The number of sulfonamides is 1. The second kappa shape index (κ2) is 8.19. The number of anilines is 1. The third-order valence-corrected chi connectivity index (χ3v) is 6.88. The summed E-state index contributed by atoms with van der Waals surface area (Å²) >= 11 is 5.88. The van der Waals surface area contributed by atoms with Crippen molar-refractivity contribution < 1.29 is 28.3 Å². The molecule has 32 heavy (non-hydrogen) atoms. The number of aliphatic hydroxyl groups excluding tert-OH is 2. The van der Waals surface area contributed by atoms with Gasteiger partial charge in [0.05, 0.1) is 11.3 Å².